The lowest BCUT2D eigenvalue weighted by Gasteiger charge is -2.13. The third-order valence-electron chi connectivity index (χ3n) is 4.21. The first-order valence-electron chi connectivity index (χ1n) is 9.80. The van der Waals surface area contributed by atoms with Crippen molar-refractivity contribution < 1.29 is 19.1 Å². The molecule has 0 aliphatic carbocycles. The van der Waals surface area contributed by atoms with Crippen molar-refractivity contribution >= 4 is 40.1 Å². The number of nitrogens with zero attached hydrogens (tertiary/aromatic N) is 1. The van der Waals surface area contributed by atoms with Crippen LogP contribution in [0.2, 0.25) is 0 Å². The first-order valence-corrected chi connectivity index (χ1v) is 10.6. The van der Waals surface area contributed by atoms with Crippen molar-refractivity contribution in [2.45, 2.75) is 13.0 Å². The van der Waals surface area contributed by atoms with E-state index in [1.807, 2.05) is 48.5 Å². The Kier molecular flexibility index (Phi) is 8.34. The topological polar surface area (TPSA) is 77.0 Å². The Labute approximate surface area is 194 Å². The second-order valence-corrected chi connectivity index (χ2v) is 7.51. The highest BCUT2D eigenvalue weighted by Crippen LogP contribution is 2.24. The van der Waals surface area contributed by atoms with Gasteiger partial charge in [-0.2, -0.15) is 5.10 Å². The fraction of sp³-hybridized carbons (Fsp3) is 0.0800. The molecule has 0 saturated heterocycles. The van der Waals surface area contributed by atoms with Crippen LogP contribution in [0.1, 0.15) is 18.1 Å². The number of esters is 1. The Morgan fingerprint density at radius 3 is 2.34 bits per heavy atom. The molecular formula is C25H21BrN2O4. The summed E-state index contributed by atoms with van der Waals surface area (Å²) >= 11 is 3.38. The van der Waals surface area contributed by atoms with Crippen LogP contribution in [-0.2, 0) is 9.59 Å². The molecular weight excluding hydrogens is 472 g/mol. The van der Waals surface area contributed by atoms with E-state index in [1.165, 1.54) is 12.3 Å². The van der Waals surface area contributed by atoms with E-state index >= 15 is 0 Å². The van der Waals surface area contributed by atoms with Gasteiger partial charge in [-0.25, -0.2) is 10.2 Å². The summed E-state index contributed by atoms with van der Waals surface area (Å²) in [5, 5.41) is 3.95. The standard InChI is InChI=1S/C25H21BrN2O4/c1-18(31-23-10-6-5-9-22(23)26)25(30)28-27-17-20-11-14-21(15-12-20)32-24(29)16-13-19-7-3-2-4-8-19/h2-18H,1H3,(H,28,30)/b16-13+,27-17+. The van der Waals surface area contributed by atoms with Crippen molar-refractivity contribution in [2.24, 2.45) is 5.10 Å². The Morgan fingerprint density at radius 1 is 0.938 bits per heavy atom. The van der Waals surface area contributed by atoms with Crippen molar-refractivity contribution in [3.63, 3.8) is 0 Å². The highest BCUT2D eigenvalue weighted by molar-refractivity contribution is 9.10. The van der Waals surface area contributed by atoms with E-state index < -0.39 is 12.1 Å². The number of amides is 1. The average Bonchev–Trinajstić information content (AvgIpc) is 2.81. The second-order valence-electron chi connectivity index (χ2n) is 6.66. The quantitative estimate of drug-likeness (QED) is 0.158. The fourth-order valence-electron chi connectivity index (χ4n) is 2.55. The number of hydrazone groups is 1. The molecule has 0 aliphatic rings. The normalized spacial score (nSPS) is 11.9. The number of ether oxygens (including phenoxy) is 2. The highest BCUT2D eigenvalue weighted by Gasteiger charge is 2.15. The summed E-state index contributed by atoms with van der Waals surface area (Å²) < 4.78 is 11.7. The number of para-hydroxylation sites is 1. The van der Waals surface area contributed by atoms with E-state index in [0.29, 0.717) is 11.5 Å². The average molecular weight is 493 g/mol. The zero-order chi connectivity index (χ0) is 22.8. The molecule has 3 rings (SSSR count). The molecule has 3 aromatic carbocycles. The maximum absolute atomic E-state index is 12.2. The summed E-state index contributed by atoms with van der Waals surface area (Å²) in [6.07, 6.45) is 3.82. The van der Waals surface area contributed by atoms with Gasteiger partial charge in [0.25, 0.3) is 5.91 Å². The number of benzene rings is 3. The lowest BCUT2D eigenvalue weighted by atomic mass is 10.2. The van der Waals surface area contributed by atoms with E-state index in [1.54, 1.807) is 43.3 Å². The zero-order valence-corrected chi connectivity index (χ0v) is 18.9. The summed E-state index contributed by atoms with van der Waals surface area (Å²) in [6.45, 7) is 1.64. The summed E-state index contributed by atoms with van der Waals surface area (Å²) in [6, 6.07) is 23.5. The van der Waals surface area contributed by atoms with Crippen molar-refractivity contribution in [3.8, 4) is 11.5 Å². The Bertz CT molecular complexity index is 1110. The Hall–Kier alpha value is -3.71. The lowest BCUT2D eigenvalue weighted by molar-refractivity contribution is -0.129. The first-order chi connectivity index (χ1) is 15.5. The fourth-order valence-corrected chi connectivity index (χ4v) is 2.92. The minimum Gasteiger partial charge on any atom is -0.480 e. The first kappa shape index (κ1) is 23.0. The Balaban J connectivity index is 1.47. The van der Waals surface area contributed by atoms with Crippen LogP contribution in [0.25, 0.3) is 6.08 Å². The number of carbonyl (C=O) groups is 2. The smallest absolute Gasteiger partial charge is 0.336 e. The summed E-state index contributed by atoms with van der Waals surface area (Å²) in [5.41, 5.74) is 4.08. The number of halogens is 1. The largest absolute Gasteiger partial charge is 0.480 e. The molecule has 0 spiro atoms. The van der Waals surface area contributed by atoms with E-state index in [2.05, 4.69) is 26.5 Å². The van der Waals surface area contributed by atoms with Gasteiger partial charge in [-0.3, -0.25) is 4.79 Å². The number of hydrogen-bond donors (Lipinski definition) is 1. The molecule has 0 bridgehead atoms. The van der Waals surface area contributed by atoms with Crippen LogP contribution in [0.15, 0.2) is 94.5 Å². The molecule has 1 N–H and O–H groups in total. The number of nitrogens with one attached hydrogen (secondary N) is 1. The van der Waals surface area contributed by atoms with E-state index in [-0.39, 0.29) is 5.91 Å². The van der Waals surface area contributed by atoms with Gasteiger partial charge in [-0.15, -0.1) is 0 Å². The summed E-state index contributed by atoms with van der Waals surface area (Å²) in [4.78, 5) is 24.1. The molecule has 1 atom stereocenters. The van der Waals surface area contributed by atoms with Gasteiger partial charge in [0.15, 0.2) is 6.10 Å². The maximum atomic E-state index is 12.2. The third kappa shape index (κ3) is 7.21. The molecule has 162 valence electrons. The van der Waals surface area contributed by atoms with Crippen LogP contribution in [0.4, 0.5) is 0 Å². The van der Waals surface area contributed by atoms with Gasteiger partial charge in [0.05, 0.1) is 10.7 Å². The van der Waals surface area contributed by atoms with Crippen LogP contribution in [0.5, 0.6) is 11.5 Å². The molecule has 32 heavy (non-hydrogen) atoms. The lowest BCUT2D eigenvalue weighted by Crippen LogP contribution is -2.33. The SMILES string of the molecule is CC(Oc1ccccc1Br)C(=O)N/N=C/c1ccc(OC(=O)/C=C/c2ccccc2)cc1. The molecule has 0 fully saturated rings. The third-order valence-corrected chi connectivity index (χ3v) is 4.86. The van der Waals surface area contributed by atoms with Crippen molar-refractivity contribution in [3.05, 3.63) is 101 Å². The van der Waals surface area contributed by atoms with Gasteiger partial charge < -0.3 is 9.47 Å². The van der Waals surface area contributed by atoms with Gasteiger partial charge in [0.1, 0.15) is 11.5 Å². The minimum atomic E-state index is -0.725. The van der Waals surface area contributed by atoms with E-state index in [4.69, 9.17) is 9.47 Å². The molecule has 1 amide bonds. The molecule has 6 nitrogen and oxygen atoms in total. The van der Waals surface area contributed by atoms with Gasteiger partial charge in [0.2, 0.25) is 0 Å². The maximum Gasteiger partial charge on any atom is 0.336 e. The molecule has 0 saturated carbocycles. The van der Waals surface area contributed by atoms with Crippen LogP contribution < -0.4 is 14.9 Å². The predicted molar refractivity (Wildman–Crippen MR) is 128 cm³/mol. The van der Waals surface area contributed by atoms with Gasteiger partial charge >= 0.3 is 5.97 Å². The van der Waals surface area contributed by atoms with Gasteiger partial charge in [0, 0.05) is 6.08 Å². The van der Waals surface area contributed by atoms with Crippen LogP contribution >= 0.6 is 15.9 Å². The van der Waals surface area contributed by atoms with Gasteiger partial charge in [-0.05, 0) is 76.5 Å². The van der Waals surface area contributed by atoms with Crippen molar-refractivity contribution in [1.29, 1.82) is 0 Å². The monoisotopic (exact) mass is 492 g/mol. The molecule has 0 aromatic heterocycles. The summed E-state index contributed by atoms with van der Waals surface area (Å²) in [5.74, 6) is 0.126. The molecule has 0 aliphatic heterocycles. The molecule has 1 unspecified atom stereocenters. The molecule has 7 heteroatoms. The van der Waals surface area contributed by atoms with Crippen LogP contribution in [-0.4, -0.2) is 24.2 Å². The number of hydrogen-bond acceptors (Lipinski definition) is 5. The number of carbonyl (C=O) groups excluding carboxylic acids is 2. The van der Waals surface area contributed by atoms with Crippen LogP contribution in [0.3, 0.4) is 0 Å². The summed E-state index contributed by atoms with van der Waals surface area (Å²) in [7, 11) is 0. The van der Waals surface area contributed by atoms with Gasteiger partial charge in [-0.1, -0.05) is 42.5 Å². The van der Waals surface area contributed by atoms with Crippen LogP contribution in [0, 0.1) is 0 Å². The van der Waals surface area contributed by atoms with Crippen molar-refractivity contribution in [2.75, 3.05) is 0 Å². The molecule has 0 radical (unpaired) electrons. The number of rotatable bonds is 8. The van der Waals surface area contributed by atoms with E-state index in [0.717, 1.165) is 15.6 Å². The van der Waals surface area contributed by atoms with E-state index in [9.17, 15) is 9.59 Å². The zero-order valence-electron chi connectivity index (χ0n) is 17.3. The minimum absolute atomic E-state index is 0.382. The predicted octanol–water partition coefficient (Wildman–Crippen LogP) is 4.99. The van der Waals surface area contributed by atoms with Crippen molar-refractivity contribution in [1.82, 2.24) is 5.43 Å². The highest BCUT2D eigenvalue weighted by atomic mass is 79.9. The molecule has 3 aromatic rings. The second kappa shape index (κ2) is 11.6. The molecule has 0 heterocycles. The Morgan fingerprint density at radius 2 is 1.62 bits per heavy atom.